The molecule has 0 aromatic heterocycles. The van der Waals surface area contributed by atoms with Crippen LogP contribution in [0.2, 0.25) is 5.02 Å². The first-order chi connectivity index (χ1) is 9.51. The first-order valence-electron chi connectivity index (χ1n) is 7.10. The van der Waals surface area contributed by atoms with Crippen LogP contribution >= 0.6 is 11.6 Å². The van der Waals surface area contributed by atoms with Gasteiger partial charge in [-0.3, -0.25) is 9.69 Å². The van der Waals surface area contributed by atoms with E-state index in [4.69, 9.17) is 16.3 Å². The van der Waals surface area contributed by atoms with Gasteiger partial charge in [-0.1, -0.05) is 38.8 Å². The normalized spacial score (nSPS) is 12.5. The number of carbonyl (C=O) groups excluding carboxylic acids is 1. The highest BCUT2D eigenvalue weighted by Gasteiger charge is 2.14. The minimum absolute atomic E-state index is 0.0970. The van der Waals surface area contributed by atoms with E-state index < -0.39 is 0 Å². The summed E-state index contributed by atoms with van der Waals surface area (Å²) in [4.78, 5) is 14.5. The number of hydrogen-bond donors (Lipinski definition) is 0. The number of hydrogen-bond acceptors (Lipinski definition) is 3. The van der Waals surface area contributed by atoms with Crippen molar-refractivity contribution in [1.29, 1.82) is 0 Å². The largest absolute Gasteiger partial charge is 0.495 e. The molecule has 0 bridgehead atoms. The molecule has 0 heterocycles. The van der Waals surface area contributed by atoms with Crippen LogP contribution in [0.3, 0.4) is 0 Å². The molecule has 0 spiro atoms. The summed E-state index contributed by atoms with van der Waals surface area (Å²) in [5.74, 6) is 1.29. The first-order valence-corrected chi connectivity index (χ1v) is 7.48. The van der Waals surface area contributed by atoms with Crippen LogP contribution in [0.25, 0.3) is 0 Å². The van der Waals surface area contributed by atoms with Gasteiger partial charge in [-0.05, 0) is 30.7 Å². The second-order valence-corrected chi connectivity index (χ2v) is 5.52. The molecule has 0 radical (unpaired) electrons. The Hall–Kier alpha value is -1.06. The van der Waals surface area contributed by atoms with Gasteiger partial charge in [0.2, 0.25) is 0 Å². The number of methoxy groups -OCH3 is 1. The molecule has 0 aliphatic carbocycles. The lowest BCUT2D eigenvalue weighted by molar-refractivity contribution is 0.0924. The van der Waals surface area contributed by atoms with Crippen molar-refractivity contribution in [2.24, 2.45) is 5.92 Å². The van der Waals surface area contributed by atoms with E-state index in [0.29, 0.717) is 28.8 Å². The Labute approximate surface area is 126 Å². The molecule has 112 valence electrons. The molecular formula is C16H24ClNO2. The van der Waals surface area contributed by atoms with Crippen LogP contribution < -0.4 is 4.74 Å². The fourth-order valence-corrected chi connectivity index (χ4v) is 2.27. The Morgan fingerprint density at radius 2 is 2.10 bits per heavy atom. The molecule has 0 aliphatic heterocycles. The quantitative estimate of drug-likeness (QED) is 0.682. The van der Waals surface area contributed by atoms with E-state index in [1.54, 1.807) is 25.3 Å². The number of ketones is 1. The summed E-state index contributed by atoms with van der Waals surface area (Å²) < 4.78 is 5.10. The van der Waals surface area contributed by atoms with Gasteiger partial charge < -0.3 is 4.74 Å². The van der Waals surface area contributed by atoms with Gasteiger partial charge >= 0.3 is 0 Å². The number of rotatable bonds is 8. The van der Waals surface area contributed by atoms with E-state index in [1.807, 2.05) is 0 Å². The van der Waals surface area contributed by atoms with Crippen molar-refractivity contribution >= 4 is 17.4 Å². The predicted octanol–water partition coefficient (Wildman–Crippen LogP) is 3.90. The average Bonchev–Trinajstić information content (AvgIpc) is 2.45. The number of Topliss-reactive ketones (excluding diaryl/α,β-unsaturated/α-hetero) is 1. The standard InChI is InChI=1S/C16H24ClNO2/c1-5-12(3)10-18(6-2)11-15(19)13-7-8-16(20-4)14(17)9-13/h7-9,12H,5-6,10-11H2,1-4H3. The minimum Gasteiger partial charge on any atom is -0.495 e. The molecule has 1 unspecified atom stereocenters. The third kappa shape index (κ3) is 4.80. The molecule has 0 aliphatic rings. The van der Waals surface area contributed by atoms with E-state index in [9.17, 15) is 4.79 Å². The lowest BCUT2D eigenvalue weighted by Gasteiger charge is -2.23. The summed E-state index contributed by atoms with van der Waals surface area (Å²) >= 11 is 6.06. The lowest BCUT2D eigenvalue weighted by Crippen LogP contribution is -2.33. The molecule has 1 rings (SSSR count). The number of nitrogens with zero attached hydrogens (tertiary/aromatic N) is 1. The van der Waals surface area contributed by atoms with Crippen LogP contribution in [-0.4, -0.2) is 37.4 Å². The molecule has 0 amide bonds. The van der Waals surface area contributed by atoms with Gasteiger partial charge in [0.25, 0.3) is 0 Å². The predicted molar refractivity (Wildman–Crippen MR) is 83.9 cm³/mol. The maximum atomic E-state index is 12.3. The molecule has 0 fully saturated rings. The number of likely N-dealkylation sites (N-methyl/N-ethyl adjacent to an activating group) is 1. The molecule has 20 heavy (non-hydrogen) atoms. The van der Waals surface area contributed by atoms with Crippen LogP contribution in [0.4, 0.5) is 0 Å². The van der Waals surface area contributed by atoms with Crippen LogP contribution in [0.15, 0.2) is 18.2 Å². The van der Waals surface area contributed by atoms with Gasteiger partial charge in [-0.25, -0.2) is 0 Å². The summed E-state index contributed by atoms with van der Waals surface area (Å²) in [7, 11) is 1.56. The first kappa shape index (κ1) is 17.0. The van der Waals surface area contributed by atoms with Gasteiger partial charge in [-0.2, -0.15) is 0 Å². The highest BCUT2D eigenvalue weighted by Crippen LogP contribution is 2.25. The van der Waals surface area contributed by atoms with E-state index in [1.165, 1.54) is 0 Å². The Morgan fingerprint density at radius 3 is 2.60 bits per heavy atom. The molecule has 1 aromatic carbocycles. The van der Waals surface area contributed by atoms with Gasteiger partial charge in [0, 0.05) is 12.1 Å². The van der Waals surface area contributed by atoms with Crippen LogP contribution in [-0.2, 0) is 0 Å². The zero-order valence-electron chi connectivity index (χ0n) is 12.8. The van der Waals surface area contributed by atoms with Crippen LogP contribution in [0, 0.1) is 5.92 Å². The summed E-state index contributed by atoms with van der Waals surface area (Å²) in [5.41, 5.74) is 0.637. The summed E-state index contributed by atoms with van der Waals surface area (Å²) in [6, 6.07) is 5.18. The van der Waals surface area contributed by atoms with Gasteiger partial charge in [-0.15, -0.1) is 0 Å². The van der Waals surface area contributed by atoms with Crippen molar-refractivity contribution in [1.82, 2.24) is 4.90 Å². The van der Waals surface area contributed by atoms with Crippen molar-refractivity contribution in [2.45, 2.75) is 27.2 Å². The second kappa shape index (κ2) is 8.28. The molecule has 0 N–H and O–H groups in total. The summed E-state index contributed by atoms with van der Waals surface area (Å²) in [5, 5.41) is 0.475. The van der Waals surface area contributed by atoms with E-state index >= 15 is 0 Å². The SMILES string of the molecule is CCC(C)CN(CC)CC(=O)c1ccc(OC)c(Cl)c1. The number of ether oxygens (including phenoxy) is 1. The highest BCUT2D eigenvalue weighted by molar-refractivity contribution is 6.32. The van der Waals surface area contributed by atoms with Crippen LogP contribution in [0.1, 0.15) is 37.6 Å². The second-order valence-electron chi connectivity index (χ2n) is 5.11. The van der Waals surface area contributed by atoms with E-state index in [0.717, 1.165) is 19.5 Å². The smallest absolute Gasteiger partial charge is 0.176 e. The highest BCUT2D eigenvalue weighted by atomic mass is 35.5. The van der Waals surface area contributed by atoms with Gasteiger partial charge in [0.1, 0.15) is 5.75 Å². The third-order valence-corrected chi connectivity index (χ3v) is 3.85. The monoisotopic (exact) mass is 297 g/mol. The van der Waals surface area contributed by atoms with E-state index in [-0.39, 0.29) is 5.78 Å². The number of carbonyl (C=O) groups is 1. The van der Waals surface area contributed by atoms with Crippen molar-refractivity contribution in [3.63, 3.8) is 0 Å². The summed E-state index contributed by atoms with van der Waals surface area (Å²) in [6.45, 7) is 8.71. The number of halogens is 1. The fraction of sp³-hybridized carbons (Fsp3) is 0.562. The Bertz CT molecular complexity index is 448. The average molecular weight is 298 g/mol. The van der Waals surface area contributed by atoms with Crippen molar-refractivity contribution in [3.05, 3.63) is 28.8 Å². The zero-order valence-corrected chi connectivity index (χ0v) is 13.5. The number of benzene rings is 1. The topological polar surface area (TPSA) is 29.5 Å². The van der Waals surface area contributed by atoms with Crippen LogP contribution in [0.5, 0.6) is 5.75 Å². The van der Waals surface area contributed by atoms with Crippen molar-refractivity contribution < 1.29 is 9.53 Å². The Balaban J connectivity index is 2.71. The Morgan fingerprint density at radius 1 is 1.40 bits per heavy atom. The molecule has 3 nitrogen and oxygen atoms in total. The molecule has 4 heteroatoms. The fourth-order valence-electron chi connectivity index (χ4n) is 2.01. The minimum atomic E-state index is 0.0970. The Kier molecular flexibility index (Phi) is 7.03. The van der Waals surface area contributed by atoms with Crippen molar-refractivity contribution in [2.75, 3.05) is 26.7 Å². The molecule has 1 aromatic rings. The molecular weight excluding hydrogens is 274 g/mol. The molecule has 1 atom stereocenters. The van der Waals surface area contributed by atoms with Gasteiger partial charge in [0.15, 0.2) is 5.78 Å². The molecule has 0 saturated heterocycles. The maximum Gasteiger partial charge on any atom is 0.176 e. The van der Waals surface area contributed by atoms with Crippen molar-refractivity contribution in [3.8, 4) is 5.75 Å². The van der Waals surface area contributed by atoms with E-state index in [2.05, 4.69) is 25.7 Å². The van der Waals surface area contributed by atoms with Gasteiger partial charge in [0.05, 0.1) is 18.7 Å². The lowest BCUT2D eigenvalue weighted by atomic mass is 10.1. The molecule has 0 saturated carbocycles. The maximum absolute atomic E-state index is 12.3. The zero-order chi connectivity index (χ0) is 15.1. The third-order valence-electron chi connectivity index (χ3n) is 3.55. The summed E-state index contributed by atoms with van der Waals surface area (Å²) in [6.07, 6.45) is 1.12.